The summed E-state index contributed by atoms with van der Waals surface area (Å²) in [5.74, 6) is -0.00878. The van der Waals surface area contributed by atoms with Gasteiger partial charge in [0.15, 0.2) is 11.6 Å². The summed E-state index contributed by atoms with van der Waals surface area (Å²) in [6.07, 6.45) is 7.16. The number of hydrogen-bond acceptors (Lipinski definition) is 5. The summed E-state index contributed by atoms with van der Waals surface area (Å²) in [5.41, 5.74) is 4.71. The van der Waals surface area contributed by atoms with Gasteiger partial charge in [-0.15, -0.1) is 0 Å². The Hall–Kier alpha value is -4.50. The Morgan fingerprint density at radius 2 is 1.77 bits per heavy atom. The zero-order chi connectivity index (χ0) is 27.4. The summed E-state index contributed by atoms with van der Waals surface area (Å²) in [6, 6.07) is 22.8. The summed E-state index contributed by atoms with van der Waals surface area (Å²) in [7, 11) is 0. The molecule has 0 bridgehead atoms. The average molecular weight is 527 g/mol. The summed E-state index contributed by atoms with van der Waals surface area (Å²) in [4.78, 5) is 28.1. The van der Waals surface area contributed by atoms with Gasteiger partial charge in [-0.25, -0.2) is 14.4 Å². The minimum atomic E-state index is -0.836. The second kappa shape index (κ2) is 9.31. The van der Waals surface area contributed by atoms with E-state index >= 15 is 4.39 Å². The lowest BCUT2D eigenvalue weighted by Crippen LogP contribution is -2.48. The van der Waals surface area contributed by atoms with Crippen molar-refractivity contribution in [3.8, 4) is 28.7 Å². The van der Waals surface area contributed by atoms with Crippen molar-refractivity contribution in [1.82, 2.24) is 15.0 Å². The highest BCUT2D eigenvalue weighted by Gasteiger charge is 2.53. The Bertz CT molecular complexity index is 1740. The van der Waals surface area contributed by atoms with E-state index in [1.165, 1.54) is 6.07 Å². The number of nitrogens with zero attached hydrogens (tertiary/aromatic N) is 4. The number of Topliss-reactive ketones (excluding diaryl/α,β-unsaturated/α-hetero) is 1. The zero-order valence-electron chi connectivity index (χ0n) is 22.1. The number of halogens is 1. The predicted molar refractivity (Wildman–Crippen MR) is 150 cm³/mol. The lowest BCUT2D eigenvalue weighted by Gasteiger charge is -2.48. The summed E-state index contributed by atoms with van der Waals surface area (Å²) >= 11 is 0. The second-order valence-electron chi connectivity index (χ2n) is 11.1. The topological polar surface area (TPSA) is 79.5 Å². The largest absolute Gasteiger partial charge is 0.293 e. The van der Waals surface area contributed by atoms with Crippen LogP contribution in [0.3, 0.4) is 0 Å². The SMILES string of the molecule is C[C@H]1C(=O)C(C#N)=C[C@@]2(c3ccccc3)c3nc(-c4ccnc(C5CC5)c4)nc(-c4ccccc4F)c3CC[C@H]12. The maximum absolute atomic E-state index is 15.4. The van der Waals surface area contributed by atoms with Crippen molar-refractivity contribution in [2.45, 2.75) is 43.9 Å². The normalized spacial score (nSPS) is 23.5. The molecule has 0 spiro atoms. The molecule has 1 fully saturated rings. The first-order valence-corrected chi connectivity index (χ1v) is 13.9. The first-order valence-electron chi connectivity index (χ1n) is 13.9. The van der Waals surface area contributed by atoms with Crippen LogP contribution in [0, 0.1) is 29.0 Å². The third-order valence-corrected chi connectivity index (χ3v) is 8.88. The van der Waals surface area contributed by atoms with Gasteiger partial charge in [0.25, 0.3) is 0 Å². The number of rotatable bonds is 4. The molecule has 6 heteroatoms. The van der Waals surface area contributed by atoms with Crippen LogP contribution in [-0.4, -0.2) is 20.7 Å². The van der Waals surface area contributed by atoms with Gasteiger partial charge >= 0.3 is 0 Å². The number of ketones is 1. The highest BCUT2D eigenvalue weighted by atomic mass is 19.1. The van der Waals surface area contributed by atoms with Crippen molar-refractivity contribution < 1.29 is 9.18 Å². The smallest absolute Gasteiger partial charge is 0.176 e. The standard InChI is InChI=1S/C34H27FN4O/c1-20-27-14-13-26-30(25-9-5-6-10-28(25)35)38-33(22-15-16-37-29(17-22)21-11-12-21)39-32(26)34(27,18-23(19-36)31(20)40)24-7-3-2-4-8-24/h2-10,15-18,20-21,27H,11-14H2,1H3/t20-,27-,34+/m1/s1. The lowest BCUT2D eigenvalue weighted by molar-refractivity contribution is -0.121. The number of aromatic nitrogens is 3. The van der Waals surface area contributed by atoms with E-state index in [-0.39, 0.29) is 29.0 Å². The van der Waals surface area contributed by atoms with Gasteiger partial charge in [0, 0.05) is 40.4 Å². The summed E-state index contributed by atoms with van der Waals surface area (Å²) in [5, 5.41) is 10.0. The predicted octanol–water partition coefficient (Wildman–Crippen LogP) is 6.74. The van der Waals surface area contributed by atoms with Crippen molar-refractivity contribution in [3.63, 3.8) is 0 Å². The van der Waals surface area contributed by atoms with Crippen molar-refractivity contribution in [3.05, 3.63) is 113 Å². The molecule has 40 heavy (non-hydrogen) atoms. The number of nitriles is 1. The van der Waals surface area contributed by atoms with Crippen LogP contribution in [-0.2, 0) is 16.6 Å². The molecule has 0 saturated heterocycles. The van der Waals surface area contributed by atoms with Crippen LogP contribution in [0.15, 0.2) is 84.6 Å². The molecule has 0 unspecified atom stereocenters. The van der Waals surface area contributed by atoms with E-state index in [1.807, 2.05) is 61.5 Å². The van der Waals surface area contributed by atoms with E-state index < -0.39 is 5.41 Å². The van der Waals surface area contributed by atoms with Crippen LogP contribution in [0.5, 0.6) is 0 Å². The second-order valence-corrected chi connectivity index (χ2v) is 11.1. The highest BCUT2D eigenvalue weighted by molar-refractivity contribution is 6.02. The number of carbonyl (C=O) groups excluding carboxylic acids is 1. The molecule has 4 aromatic rings. The van der Waals surface area contributed by atoms with Gasteiger partial charge in [-0.05, 0) is 67.5 Å². The van der Waals surface area contributed by atoms with Crippen molar-refractivity contribution in [2.75, 3.05) is 0 Å². The Balaban J connectivity index is 1.58. The number of pyridine rings is 1. The molecule has 7 rings (SSSR count). The Kier molecular flexibility index (Phi) is 5.71. The first kappa shape index (κ1) is 24.5. The third-order valence-electron chi connectivity index (χ3n) is 8.88. The van der Waals surface area contributed by atoms with E-state index in [1.54, 1.807) is 18.3 Å². The van der Waals surface area contributed by atoms with Gasteiger partial charge in [-0.1, -0.05) is 49.4 Å². The van der Waals surface area contributed by atoms with Gasteiger partial charge in [0.05, 0.1) is 22.4 Å². The molecule has 5 nitrogen and oxygen atoms in total. The van der Waals surface area contributed by atoms with Crippen LogP contribution in [0.2, 0.25) is 0 Å². The minimum Gasteiger partial charge on any atom is -0.293 e. The third kappa shape index (κ3) is 3.72. The molecule has 2 aromatic carbocycles. The molecule has 196 valence electrons. The van der Waals surface area contributed by atoms with E-state index in [0.29, 0.717) is 35.8 Å². The molecule has 3 aliphatic carbocycles. The zero-order valence-corrected chi connectivity index (χ0v) is 22.1. The van der Waals surface area contributed by atoms with Gasteiger partial charge in [0.1, 0.15) is 11.9 Å². The van der Waals surface area contributed by atoms with E-state index in [2.05, 4.69) is 11.1 Å². The maximum Gasteiger partial charge on any atom is 0.176 e. The lowest BCUT2D eigenvalue weighted by atomic mass is 9.54. The molecule has 0 aliphatic heterocycles. The highest BCUT2D eigenvalue weighted by Crippen LogP contribution is 2.54. The molecular formula is C34H27FN4O. The molecule has 2 aromatic heterocycles. The monoisotopic (exact) mass is 526 g/mol. The van der Waals surface area contributed by atoms with Crippen molar-refractivity contribution >= 4 is 5.78 Å². The first-order chi connectivity index (χ1) is 19.5. The number of fused-ring (bicyclic) bond motifs is 3. The Morgan fingerprint density at radius 1 is 1.00 bits per heavy atom. The van der Waals surface area contributed by atoms with Crippen LogP contribution in [0.1, 0.15) is 54.6 Å². The molecule has 3 atom stereocenters. The molecule has 1 saturated carbocycles. The van der Waals surface area contributed by atoms with Crippen molar-refractivity contribution in [1.29, 1.82) is 5.26 Å². The molecular weight excluding hydrogens is 499 g/mol. The van der Waals surface area contributed by atoms with Gasteiger partial charge < -0.3 is 0 Å². The van der Waals surface area contributed by atoms with Crippen molar-refractivity contribution in [2.24, 2.45) is 11.8 Å². The Morgan fingerprint density at radius 3 is 2.52 bits per heavy atom. The fourth-order valence-electron chi connectivity index (χ4n) is 6.74. The molecule has 0 radical (unpaired) electrons. The molecule has 3 aliphatic rings. The fraction of sp³-hybridized carbons (Fsp3) is 0.265. The average Bonchev–Trinajstić information content (AvgIpc) is 3.85. The summed E-state index contributed by atoms with van der Waals surface area (Å²) in [6.45, 7) is 1.92. The fourth-order valence-corrected chi connectivity index (χ4v) is 6.74. The minimum absolute atomic E-state index is 0.109. The number of carbonyl (C=O) groups is 1. The van der Waals surface area contributed by atoms with Gasteiger partial charge in [-0.3, -0.25) is 9.78 Å². The van der Waals surface area contributed by atoms with Crippen LogP contribution < -0.4 is 0 Å². The number of allylic oxidation sites excluding steroid dienone is 2. The molecule has 2 heterocycles. The van der Waals surface area contributed by atoms with Crippen LogP contribution in [0.4, 0.5) is 4.39 Å². The number of hydrogen-bond donors (Lipinski definition) is 0. The number of benzene rings is 2. The van der Waals surface area contributed by atoms with E-state index in [0.717, 1.165) is 40.9 Å². The van der Waals surface area contributed by atoms with Gasteiger partial charge in [-0.2, -0.15) is 5.26 Å². The quantitative estimate of drug-likeness (QED) is 0.294. The Labute approximate surface area is 232 Å². The van der Waals surface area contributed by atoms with Crippen LogP contribution >= 0.6 is 0 Å². The van der Waals surface area contributed by atoms with Gasteiger partial charge in [0.2, 0.25) is 0 Å². The maximum atomic E-state index is 15.4. The molecule has 0 amide bonds. The summed E-state index contributed by atoms with van der Waals surface area (Å²) < 4.78 is 15.4. The molecule has 0 N–H and O–H groups in total. The van der Waals surface area contributed by atoms with Crippen LogP contribution in [0.25, 0.3) is 22.6 Å². The van der Waals surface area contributed by atoms with E-state index in [4.69, 9.17) is 9.97 Å². The van der Waals surface area contributed by atoms with E-state index in [9.17, 15) is 10.1 Å².